The van der Waals surface area contributed by atoms with Gasteiger partial charge < -0.3 is 9.47 Å². The molecular formula is C24H23N3O5. The van der Waals surface area contributed by atoms with Crippen LogP contribution >= 0.6 is 0 Å². The second-order valence-corrected chi connectivity index (χ2v) is 8.40. The van der Waals surface area contributed by atoms with Crippen molar-refractivity contribution in [1.29, 1.82) is 0 Å². The maximum absolute atomic E-state index is 12.7. The molecule has 1 aliphatic rings. The van der Waals surface area contributed by atoms with Crippen molar-refractivity contribution in [3.05, 3.63) is 60.2 Å². The van der Waals surface area contributed by atoms with Gasteiger partial charge in [0.25, 0.3) is 11.8 Å². The molecule has 3 aromatic rings. The van der Waals surface area contributed by atoms with Gasteiger partial charge in [-0.3, -0.25) is 14.5 Å². The zero-order valence-corrected chi connectivity index (χ0v) is 18.3. The van der Waals surface area contributed by atoms with E-state index in [1.165, 1.54) is 16.7 Å². The van der Waals surface area contributed by atoms with E-state index in [1.54, 1.807) is 39.0 Å². The predicted molar refractivity (Wildman–Crippen MR) is 118 cm³/mol. The molecule has 0 saturated heterocycles. The number of amides is 2. The first-order valence-electron chi connectivity index (χ1n) is 10.0. The van der Waals surface area contributed by atoms with Crippen LogP contribution in [0.1, 0.15) is 36.7 Å². The second-order valence-electron chi connectivity index (χ2n) is 8.40. The van der Waals surface area contributed by atoms with Crippen LogP contribution in [-0.4, -0.2) is 45.3 Å². The van der Waals surface area contributed by atoms with Crippen molar-refractivity contribution in [2.24, 2.45) is 0 Å². The summed E-state index contributed by atoms with van der Waals surface area (Å²) in [6, 6.07) is 10.8. The molecule has 32 heavy (non-hydrogen) atoms. The van der Waals surface area contributed by atoms with Crippen LogP contribution in [0.15, 0.2) is 49.1 Å². The molecule has 0 fully saturated rings. The maximum atomic E-state index is 12.7. The minimum absolute atomic E-state index is 0.168. The average Bonchev–Trinajstić information content (AvgIpc) is 3.29. The Hall–Kier alpha value is -3.94. The zero-order chi connectivity index (χ0) is 23.2. The number of imide groups is 1. The molecule has 0 bridgehead atoms. The molecule has 0 spiro atoms. The Kier molecular flexibility index (Phi) is 5.08. The van der Waals surface area contributed by atoms with E-state index in [0.29, 0.717) is 16.5 Å². The summed E-state index contributed by atoms with van der Waals surface area (Å²) in [5, 5.41) is 4.88. The van der Waals surface area contributed by atoms with Crippen LogP contribution in [0.2, 0.25) is 0 Å². The normalized spacial score (nSPS) is 13.2. The summed E-state index contributed by atoms with van der Waals surface area (Å²) in [6.45, 7) is 8.98. The minimum Gasteiger partial charge on any atom is -0.479 e. The van der Waals surface area contributed by atoms with Gasteiger partial charge in [-0.05, 0) is 61.7 Å². The average molecular weight is 433 g/mol. The smallest absolute Gasteiger partial charge is 0.435 e. The van der Waals surface area contributed by atoms with Crippen LogP contribution in [0.4, 0.5) is 4.79 Å². The number of aromatic nitrogens is 2. The van der Waals surface area contributed by atoms with Crippen molar-refractivity contribution in [3.63, 3.8) is 0 Å². The number of rotatable bonds is 3. The van der Waals surface area contributed by atoms with E-state index < -0.39 is 17.6 Å². The van der Waals surface area contributed by atoms with Gasteiger partial charge in [-0.15, -0.1) is 5.10 Å². The Morgan fingerprint density at radius 3 is 2.53 bits per heavy atom. The van der Waals surface area contributed by atoms with E-state index in [9.17, 15) is 14.4 Å². The number of methoxy groups -OCH3 is 1. The van der Waals surface area contributed by atoms with Crippen LogP contribution in [0.3, 0.4) is 0 Å². The fraction of sp³-hybridized carbons (Fsp3) is 0.250. The first kappa shape index (κ1) is 21.3. The molecule has 164 valence electrons. The van der Waals surface area contributed by atoms with Crippen molar-refractivity contribution < 1.29 is 23.9 Å². The number of ether oxygens (including phenoxy) is 2. The Bertz CT molecular complexity index is 1280. The standard InChI is InChI=1S/C24H23N3O5/c1-6-20(28)26-13-18-15(8-7-9-16(18)22(26)29)14-10-11-19-17(12-14)21(31-5)25-27(19)23(30)32-24(2,3)4/h6-12H,1,13H2,2-5H3. The first-order chi connectivity index (χ1) is 15.1. The van der Waals surface area contributed by atoms with E-state index in [-0.39, 0.29) is 18.3 Å². The Balaban J connectivity index is 1.81. The van der Waals surface area contributed by atoms with E-state index in [2.05, 4.69) is 11.7 Å². The lowest BCUT2D eigenvalue weighted by molar-refractivity contribution is -0.123. The second kappa shape index (κ2) is 7.64. The number of carbonyl (C=O) groups is 3. The topological polar surface area (TPSA) is 90.7 Å². The van der Waals surface area contributed by atoms with E-state index in [4.69, 9.17) is 9.47 Å². The molecule has 2 heterocycles. The molecule has 0 saturated carbocycles. The van der Waals surface area contributed by atoms with Crippen molar-refractivity contribution in [2.75, 3.05) is 7.11 Å². The third kappa shape index (κ3) is 3.53. The lowest BCUT2D eigenvalue weighted by atomic mass is 9.96. The van der Waals surface area contributed by atoms with Gasteiger partial charge in [-0.2, -0.15) is 4.68 Å². The summed E-state index contributed by atoms with van der Waals surface area (Å²) >= 11 is 0. The molecule has 8 heteroatoms. The lowest BCUT2D eigenvalue weighted by Gasteiger charge is -2.19. The number of hydrogen-bond donors (Lipinski definition) is 0. The monoisotopic (exact) mass is 433 g/mol. The van der Waals surface area contributed by atoms with Crippen molar-refractivity contribution in [2.45, 2.75) is 32.9 Å². The van der Waals surface area contributed by atoms with Crippen molar-refractivity contribution >= 4 is 28.8 Å². The highest BCUT2D eigenvalue weighted by Gasteiger charge is 2.32. The van der Waals surface area contributed by atoms with Gasteiger partial charge in [0.2, 0.25) is 5.88 Å². The fourth-order valence-corrected chi connectivity index (χ4v) is 3.74. The van der Waals surface area contributed by atoms with Gasteiger partial charge in [-0.25, -0.2) is 4.79 Å². The molecule has 1 aliphatic heterocycles. The summed E-state index contributed by atoms with van der Waals surface area (Å²) in [5.41, 5.74) is 2.71. The van der Waals surface area contributed by atoms with Crippen molar-refractivity contribution in [3.8, 4) is 17.0 Å². The Morgan fingerprint density at radius 2 is 1.88 bits per heavy atom. The van der Waals surface area contributed by atoms with Crippen LogP contribution < -0.4 is 4.74 Å². The number of hydrogen-bond acceptors (Lipinski definition) is 6. The van der Waals surface area contributed by atoms with Gasteiger partial charge in [0, 0.05) is 5.56 Å². The number of nitrogens with zero attached hydrogens (tertiary/aromatic N) is 3. The predicted octanol–water partition coefficient (Wildman–Crippen LogP) is 4.16. The maximum Gasteiger partial charge on any atom is 0.435 e. The van der Waals surface area contributed by atoms with Crippen LogP contribution in [-0.2, 0) is 16.1 Å². The van der Waals surface area contributed by atoms with Crippen LogP contribution in [0.5, 0.6) is 5.88 Å². The molecule has 8 nitrogen and oxygen atoms in total. The molecule has 0 atom stereocenters. The zero-order valence-electron chi connectivity index (χ0n) is 18.3. The Labute approximate surface area is 185 Å². The number of fused-ring (bicyclic) bond motifs is 2. The largest absolute Gasteiger partial charge is 0.479 e. The molecule has 0 N–H and O–H groups in total. The molecule has 1 aromatic heterocycles. The quantitative estimate of drug-likeness (QED) is 0.576. The third-order valence-corrected chi connectivity index (χ3v) is 5.13. The molecule has 0 unspecified atom stereocenters. The first-order valence-corrected chi connectivity index (χ1v) is 10.0. The minimum atomic E-state index is -0.672. The van der Waals surface area contributed by atoms with Crippen molar-refractivity contribution in [1.82, 2.24) is 14.7 Å². The summed E-state index contributed by atoms with van der Waals surface area (Å²) in [5.74, 6) is -0.504. The van der Waals surface area contributed by atoms with E-state index >= 15 is 0 Å². The third-order valence-electron chi connectivity index (χ3n) is 5.13. The summed E-state index contributed by atoms with van der Waals surface area (Å²) in [4.78, 5) is 38.5. The van der Waals surface area contributed by atoms with Gasteiger partial charge in [0.1, 0.15) is 5.60 Å². The summed E-state index contributed by atoms with van der Waals surface area (Å²) < 4.78 is 12.0. The molecule has 2 amide bonds. The summed E-state index contributed by atoms with van der Waals surface area (Å²) in [6.07, 6.45) is 0.522. The highest BCUT2D eigenvalue weighted by Crippen LogP contribution is 2.36. The SMILES string of the molecule is C=CC(=O)N1Cc2c(cccc2-c2ccc3c(c2)c(OC)nn3C(=O)OC(C)(C)C)C1=O. The molecule has 0 aliphatic carbocycles. The highest BCUT2D eigenvalue weighted by atomic mass is 16.6. The molecule has 0 radical (unpaired) electrons. The van der Waals surface area contributed by atoms with E-state index in [1.807, 2.05) is 18.2 Å². The van der Waals surface area contributed by atoms with Gasteiger partial charge in [0.15, 0.2) is 0 Å². The summed E-state index contributed by atoms with van der Waals surface area (Å²) in [7, 11) is 1.48. The molecule has 4 rings (SSSR count). The lowest BCUT2D eigenvalue weighted by Crippen LogP contribution is -2.29. The number of benzene rings is 2. The van der Waals surface area contributed by atoms with E-state index in [0.717, 1.165) is 22.8 Å². The number of carbonyl (C=O) groups excluding carboxylic acids is 3. The van der Waals surface area contributed by atoms with Gasteiger partial charge in [-0.1, -0.05) is 24.8 Å². The van der Waals surface area contributed by atoms with Crippen LogP contribution in [0.25, 0.3) is 22.0 Å². The Morgan fingerprint density at radius 1 is 1.16 bits per heavy atom. The van der Waals surface area contributed by atoms with Crippen LogP contribution in [0, 0.1) is 0 Å². The highest BCUT2D eigenvalue weighted by molar-refractivity contribution is 6.11. The van der Waals surface area contributed by atoms with Gasteiger partial charge >= 0.3 is 6.09 Å². The fourth-order valence-electron chi connectivity index (χ4n) is 3.74. The van der Waals surface area contributed by atoms with Gasteiger partial charge in [0.05, 0.1) is 24.6 Å². The molecule has 2 aromatic carbocycles. The molecular weight excluding hydrogens is 410 g/mol.